The SMILES string of the molecule is O=C(O)C[C@H]1CN(C(=O)c2cccn2C2CC2)C[C@H]1c1cn[nH]n1. The van der Waals surface area contributed by atoms with E-state index in [0.29, 0.717) is 30.5 Å². The van der Waals surface area contributed by atoms with Crippen LogP contribution in [0.4, 0.5) is 0 Å². The number of likely N-dealkylation sites (tertiary alicyclic amines) is 1. The molecule has 2 aromatic rings. The monoisotopic (exact) mass is 329 g/mol. The maximum absolute atomic E-state index is 12.9. The Morgan fingerprint density at radius 1 is 1.33 bits per heavy atom. The highest BCUT2D eigenvalue weighted by atomic mass is 16.4. The normalized spacial score (nSPS) is 23.6. The summed E-state index contributed by atoms with van der Waals surface area (Å²) >= 11 is 0. The molecule has 126 valence electrons. The number of carbonyl (C=O) groups is 2. The van der Waals surface area contributed by atoms with Gasteiger partial charge >= 0.3 is 5.97 Å². The van der Waals surface area contributed by atoms with Gasteiger partial charge in [0.2, 0.25) is 0 Å². The first kappa shape index (κ1) is 14.9. The number of nitrogens with zero attached hydrogens (tertiary/aromatic N) is 4. The maximum Gasteiger partial charge on any atom is 0.303 e. The Bertz CT molecular complexity index is 750. The molecule has 2 fully saturated rings. The summed E-state index contributed by atoms with van der Waals surface area (Å²) in [6.07, 6.45) is 5.80. The van der Waals surface area contributed by atoms with Gasteiger partial charge in [0.15, 0.2) is 0 Å². The molecule has 1 amide bonds. The minimum absolute atomic E-state index is 0.0188. The molecule has 2 atom stereocenters. The molecule has 0 aromatic carbocycles. The average Bonchev–Trinajstić information content (AvgIpc) is 2.98. The summed E-state index contributed by atoms with van der Waals surface area (Å²) in [5, 5.41) is 19.7. The largest absolute Gasteiger partial charge is 0.481 e. The van der Waals surface area contributed by atoms with Crippen LogP contribution in [0.15, 0.2) is 24.5 Å². The number of carboxylic acids is 1. The van der Waals surface area contributed by atoms with Gasteiger partial charge in [0.1, 0.15) is 5.69 Å². The van der Waals surface area contributed by atoms with Crippen molar-refractivity contribution in [2.75, 3.05) is 13.1 Å². The van der Waals surface area contributed by atoms with Crippen molar-refractivity contribution in [3.63, 3.8) is 0 Å². The minimum Gasteiger partial charge on any atom is -0.481 e. The first-order chi connectivity index (χ1) is 11.6. The Balaban J connectivity index is 1.56. The molecule has 1 aliphatic heterocycles. The second-order valence-electron chi connectivity index (χ2n) is 6.60. The van der Waals surface area contributed by atoms with Crippen molar-refractivity contribution in [1.29, 1.82) is 0 Å². The Morgan fingerprint density at radius 2 is 2.17 bits per heavy atom. The van der Waals surface area contributed by atoms with E-state index in [1.807, 2.05) is 22.9 Å². The van der Waals surface area contributed by atoms with Crippen LogP contribution in [0, 0.1) is 5.92 Å². The van der Waals surface area contributed by atoms with Crippen molar-refractivity contribution in [3.05, 3.63) is 35.9 Å². The fourth-order valence-electron chi connectivity index (χ4n) is 3.60. The fourth-order valence-corrected chi connectivity index (χ4v) is 3.60. The minimum atomic E-state index is -0.857. The second kappa shape index (κ2) is 5.77. The zero-order chi connectivity index (χ0) is 16.7. The number of nitrogens with one attached hydrogen (secondary N) is 1. The van der Waals surface area contributed by atoms with Gasteiger partial charge in [0.05, 0.1) is 18.3 Å². The molecule has 3 heterocycles. The molecule has 1 saturated heterocycles. The molecule has 2 N–H and O–H groups in total. The summed E-state index contributed by atoms with van der Waals surface area (Å²) in [7, 11) is 0. The topological polar surface area (TPSA) is 104 Å². The van der Waals surface area contributed by atoms with Gasteiger partial charge in [-0.3, -0.25) is 9.59 Å². The molecular weight excluding hydrogens is 310 g/mol. The van der Waals surface area contributed by atoms with Crippen LogP contribution in [0.25, 0.3) is 0 Å². The van der Waals surface area contributed by atoms with E-state index in [0.717, 1.165) is 12.8 Å². The molecule has 2 aromatic heterocycles. The predicted molar refractivity (Wildman–Crippen MR) is 83.5 cm³/mol. The van der Waals surface area contributed by atoms with Crippen LogP contribution in [-0.2, 0) is 4.79 Å². The van der Waals surface area contributed by atoms with E-state index in [2.05, 4.69) is 15.4 Å². The molecular formula is C16H19N5O3. The second-order valence-corrected chi connectivity index (χ2v) is 6.60. The summed E-state index contributed by atoms with van der Waals surface area (Å²) in [6, 6.07) is 4.17. The Labute approximate surface area is 138 Å². The van der Waals surface area contributed by atoms with E-state index in [9.17, 15) is 14.7 Å². The summed E-state index contributed by atoms with van der Waals surface area (Å²) in [5.74, 6) is -1.15. The first-order valence-electron chi connectivity index (χ1n) is 8.17. The molecule has 0 radical (unpaired) electrons. The fraction of sp³-hybridized carbons (Fsp3) is 0.500. The van der Waals surface area contributed by atoms with Crippen LogP contribution >= 0.6 is 0 Å². The highest BCUT2D eigenvalue weighted by Crippen LogP contribution is 2.38. The van der Waals surface area contributed by atoms with E-state index in [1.54, 1.807) is 11.1 Å². The van der Waals surface area contributed by atoms with Crippen LogP contribution in [0.3, 0.4) is 0 Å². The average molecular weight is 329 g/mol. The summed E-state index contributed by atoms with van der Waals surface area (Å²) in [4.78, 5) is 25.8. The number of carbonyl (C=O) groups excluding carboxylic acids is 1. The van der Waals surface area contributed by atoms with Gasteiger partial charge in [-0.05, 0) is 30.9 Å². The van der Waals surface area contributed by atoms with Crippen molar-refractivity contribution in [2.45, 2.75) is 31.2 Å². The number of aliphatic carboxylic acids is 1. The van der Waals surface area contributed by atoms with Crippen molar-refractivity contribution < 1.29 is 14.7 Å². The van der Waals surface area contributed by atoms with E-state index in [1.165, 1.54) is 0 Å². The zero-order valence-corrected chi connectivity index (χ0v) is 13.1. The van der Waals surface area contributed by atoms with Gasteiger partial charge < -0.3 is 14.6 Å². The molecule has 0 bridgehead atoms. The predicted octanol–water partition coefficient (Wildman–Crippen LogP) is 1.27. The van der Waals surface area contributed by atoms with Gasteiger partial charge in [0.25, 0.3) is 5.91 Å². The standard InChI is InChI=1S/C16H19N5O3/c22-15(23)6-10-8-20(9-12(10)13-7-17-19-18-13)16(24)14-2-1-5-21(14)11-3-4-11/h1-2,5,7,10-12H,3-4,6,8-9H2,(H,22,23)(H,17,18,19)/t10-,12+/m0/s1. The number of H-pyrrole nitrogens is 1. The maximum atomic E-state index is 12.9. The van der Waals surface area contributed by atoms with Crippen LogP contribution in [-0.4, -0.2) is 55.0 Å². The molecule has 2 aliphatic rings. The molecule has 8 heteroatoms. The highest BCUT2D eigenvalue weighted by molar-refractivity contribution is 5.93. The quantitative estimate of drug-likeness (QED) is 0.859. The third-order valence-electron chi connectivity index (χ3n) is 4.92. The lowest BCUT2D eigenvalue weighted by Gasteiger charge is -2.17. The van der Waals surface area contributed by atoms with Crippen LogP contribution < -0.4 is 0 Å². The van der Waals surface area contributed by atoms with E-state index < -0.39 is 5.97 Å². The third kappa shape index (κ3) is 2.68. The Morgan fingerprint density at radius 3 is 2.83 bits per heavy atom. The highest BCUT2D eigenvalue weighted by Gasteiger charge is 2.40. The molecule has 8 nitrogen and oxygen atoms in total. The Kier molecular flexibility index (Phi) is 3.59. The van der Waals surface area contributed by atoms with Crippen LogP contribution in [0.2, 0.25) is 0 Å². The smallest absolute Gasteiger partial charge is 0.303 e. The molecule has 1 saturated carbocycles. The van der Waals surface area contributed by atoms with E-state index in [4.69, 9.17) is 0 Å². The van der Waals surface area contributed by atoms with Gasteiger partial charge in [-0.1, -0.05) is 0 Å². The van der Waals surface area contributed by atoms with Gasteiger partial charge in [-0.25, -0.2) is 0 Å². The van der Waals surface area contributed by atoms with Crippen molar-refractivity contribution in [2.24, 2.45) is 5.92 Å². The molecule has 4 rings (SSSR count). The van der Waals surface area contributed by atoms with E-state index in [-0.39, 0.29) is 24.2 Å². The number of carboxylic acid groups (broad SMARTS) is 1. The molecule has 24 heavy (non-hydrogen) atoms. The van der Waals surface area contributed by atoms with Gasteiger partial charge in [-0.2, -0.15) is 15.4 Å². The van der Waals surface area contributed by atoms with Crippen molar-refractivity contribution in [1.82, 2.24) is 24.9 Å². The summed E-state index contributed by atoms with van der Waals surface area (Å²) < 4.78 is 2.04. The summed E-state index contributed by atoms with van der Waals surface area (Å²) in [6.45, 7) is 0.900. The van der Waals surface area contributed by atoms with Crippen molar-refractivity contribution >= 4 is 11.9 Å². The number of aromatic nitrogens is 4. The lowest BCUT2D eigenvalue weighted by molar-refractivity contribution is -0.138. The molecule has 1 aliphatic carbocycles. The van der Waals surface area contributed by atoms with Gasteiger partial charge in [0, 0.05) is 31.2 Å². The zero-order valence-electron chi connectivity index (χ0n) is 13.1. The third-order valence-corrected chi connectivity index (χ3v) is 4.92. The Hall–Kier alpha value is -2.64. The lowest BCUT2D eigenvalue weighted by atomic mass is 9.91. The first-order valence-corrected chi connectivity index (χ1v) is 8.17. The van der Waals surface area contributed by atoms with E-state index >= 15 is 0 Å². The van der Waals surface area contributed by atoms with Crippen LogP contribution in [0.1, 0.15) is 47.4 Å². The number of amides is 1. The summed E-state index contributed by atoms with van der Waals surface area (Å²) in [5.41, 5.74) is 1.40. The van der Waals surface area contributed by atoms with Crippen molar-refractivity contribution in [3.8, 4) is 0 Å². The number of aromatic amines is 1. The number of hydrogen-bond donors (Lipinski definition) is 2. The number of hydrogen-bond acceptors (Lipinski definition) is 4. The van der Waals surface area contributed by atoms with Crippen LogP contribution in [0.5, 0.6) is 0 Å². The van der Waals surface area contributed by atoms with Gasteiger partial charge in [-0.15, -0.1) is 0 Å². The molecule has 0 spiro atoms. The number of rotatable bonds is 5. The lowest BCUT2D eigenvalue weighted by Crippen LogP contribution is -2.30. The molecule has 0 unspecified atom stereocenters.